The van der Waals surface area contributed by atoms with Crippen LogP contribution in [-0.4, -0.2) is 37.0 Å². The molecule has 4 heteroatoms. The summed E-state index contributed by atoms with van der Waals surface area (Å²) in [6.45, 7) is 5.38. The Labute approximate surface area is 211 Å². The Morgan fingerprint density at radius 1 is 0.941 bits per heavy atom. The normalized spacial score (nSPS) is 17.2. The number of likely N-dealkylation sites (N-methyl/N-ethyl adjacent to an activating group) is 1. The van der Waals surface area contributed by atoms with Gasteiger partial charge >= 0.3 is 0 Å². The molecule has 0 amide bonds. The van der Waals surface area contributed by atoms with Crippen molar-refractivity contribution in [1.82, 2.24) is 9.80 Å². The van der Waals surface area contributed by atoms with Crippen LogP contribution in [0.3, 0.4) is 0 Å². The van der Waals surface area contributed by atoms with Gasteiger partial charge in [0, 0.05) is 32.7 Å². The van der Waals surface area contributed by atoms with Crippen molar-refractivity contribution < 1.29 is 4.74 Å². The first-order valence-corrected chi connectivity index (χ1v) is 12.4. The molecule has 0 spiro atoms. The molecule has 1 heterocycles. The molecular formula is C30H37ClN2O. The minimum Gasteiger partial charge on any atom is -0.496 e. The molecule has 0 aromatic heterocycles. The van der Waals surface area contributed by atoms with Crippen LogP contribution in [0.4, 0.5) is 0 Å². The van der Waals surface area contributed by atoms with E-state index in [0.717, 1.165) is 51.3 Å². The number of halogens is 1. The van der Waals surface area contributed by atoms with Gasteiger partial charge in [-0.05, 0) is 78.1 Å². The van der Waals surface area contributed by atoms with Gasteiger partial charge in [0.05, 0.1) is 7.11 Å². The fourth-order valence-electron chi connectivity index (χ4n) is 5.71. The van der Waals surface area contributed by atoms with Crippen molar-refractivity contribution in [2.45, 2.75) is 51.2 Å². The Balaban J connectivity index is 0.00000274. The molecule has 2 aliphatic rings. The lowest BCUT2D eigenvalue weighted by Crippen LogP contribution is -2.28. The van der Waals surface area contributed by atoms with E-state index in [2.05, 4.69) is 83.6 Å². The zero-order valence-corrected chi connectivity index (χ0v) is 21.3. The average molecular weight is 477 g/mol. The maximum absolute atomic E-state index is 5.63. The molecule has 0 N–H and O–H groups in total. The van der Waals surface area contributed by atoms with Gasteiger partial charge in [0.2, 0.25) is 0 Å². The predicted molar refractivity (Wildman–Crippen MR) is 143 cm³/mol. The molecule has 1 aliphatic carbocycles. The zero-order chi connectivity index (χ0) is 22.6. The molecular weight excluding hydrogens is 440 g/mol. The van der Waals surface area contributed by atoms with Gasteiger partial charge in [-0.1, -0.05) is 60.7 Å². The van der Waals surface area contributed by atoms with Gasteiger partial charge in [-0.2, -0.15) is 0 Å². The maximum Gasteiger partial charge on any atom is 0.122 e. The summed E-state index contributed by atoms with van der Waals surface area (Å²) in [5, 5.41) is 0. The van der Waals surface area contributed by atoms with Crippen LogP contribution in [-0.2, 0) is 32.5 Å². The molecule has 180 valence electrons. The highest BCUT2D eigenvalue weighted by molar-refractivity contribution is 5.85. The second-order valence-corrected chi connectivity index (χ2v) is 9.86. The van der Waals surface area contributed by atoms with E-state index in [-0.39, 0.29) is 12.4 Å². The Hall–Kier alpha value is -2.33. The van der Waals surface area contributed by atoms with E-state index in [9.17, 15) is 0 Å². The van der Waals surface area contributed by atoms with Crippen molar-refractivity contribution in [2.75, 3.05) is 27.2 Å². The molecule has 5 rings (SSSR count). The van der Waals surface area contributed by atoms with Crippen LogP contribution in [0, 0.1) is 0 Å². The Kier molecular flexibility index (Phi) is 8.31. The zero-order valence-electron chi connectivity index (χ0n) is 20.5. The topological polar surface area (TPSA) is 15.7 Å². The summed E-state index contributed by atoms with van der Waals surface area (Å²) in [7, 11) is 4.08. The monoisotopic (exact) mass is 476 g/mol. The molecule has 34 heavy (non-hydrogen) atoms. The fraction of sp³-hybridized carbons (Fsp3) is 0.400. The number of benzene rings is 3. The summed E-state index contributed by atoms with van der Waals surface area (Å²) in [5.41, 5.74) is 8.81. The lowest BCUT2D eigenvalue weighted by molar-refractivity contribution is 0.275. The quantitative estimate of drug-likeness (QED) is 0.383. The van der Waals surface area contributed by atoms with Gasteiger partial charge in [-0.25, -0.2) is 0 Å². The van der Waals surface area contributed by atoms with E-state index in [0.29, 0.717) is 5.92 Å². The maximum atomic E-state index is 5.63. The molecule has 0 saturated heterocycles. The smallest absolute Gasteiger partial charge is 0.122 e. The molecule has 3 aromatic rings. The lowest BCUT2D eigenvalue weighted by atomic mass is 9.82. The van der Waals surface area contributed by atoms with Crippen molar-refractivity contribution in [2.24, 2.45) is 0 Å². The molecule has 3 nitrogen and oxygen atoms in total. The van der Waals surface area contributed by atoms with Crippen LogP contribution in [0.25, 0.3) is 0 Å². The van der Waals surface area contributed by atoms with Crippen LogP contribution in [0.5, 0.6) is 5.75 Å². The largest absolute Gasteiger partial charge is 0.496 e. The summed E-state index contributed by atoms with van der Waals surface area (Å²) in [4.78, 5) is 5.07. The number of ether oxygens (including phenoxy) is 1. The van der Waals surface area contributed by atoms with Crippen LogP contribution < -0.4 is 4.74 Å². The third-order valence-electron chi connectivity index (χ3n) is 7.43. The summed E-state index contributed by atoms with van der Waals surface area (Å²) >= 11 is 0. The minimum atomic E-state index is 0. The van der Waals surface area contributed by atoms with Gasteiger partial charge in [0.25, 0.3) is 0 Å². The van der Waals surface area contributed by atoms with Crippen molar-refractivity contribution in [3.63, 3.8) is 0 Å². The van der Waals surface area contributed by atoms with Gasteiger partial charge in [-0.3, -0.25) is 4.90 Å². The molecule has 0 saturated carbocycles. The molecule has 0 radical (unpaired) electrons. The van der Waals surface area contributed by atoms with Crippen molar-refractivity contribution in [3.8, 4) is 5.75 Å². The average Bonchev–Trinajstić information content (AvgIpc) is 3.24. The predicted octanol–water partition coefficient (Wildman–Crippen LogP) is 6.23. The van der Waals surface area contributed by atoms with E-state index in [1.807, 2.05) is 0 Å². The Morgan fingerprint density at radius 3 is 2.59 bits per heavy atom. The molecule has 0 unspecified atom stereocenters. The number of rotatable bonds is 8. The van der Waals surface area contributed by atoms with Crippen molar-refractivity contribution in [3.05, 3.63) is 100 Å². The second kappa shape index (κ2) is 11.4. The first kappa shape index (κ1) is 24.8. The molecule has 1 aliphatic heterocycles. The van der Waals surface area contributed by atoms with E-state index >= 15 is 0 Å². The first-order chi connectivity index (χ1) is 16.2. The standard InChI is InChI=1S/C30H36N2O.ClH/c1-31(20-26-10-6-12-29-28(26)11-7-13-30(29)33-2)17-16-23-14-15-25-21-32(22-27(25)18-23)19-24-8-4-3-5-9-24;/h3-5,7-9,11,13-15,18,26H,6,10,12,16-17,19-22H2,1-2H3;1H/t26-;/m0./s1. The molecule has 0 fully saturated rings. The van der Waals surface area contributed by atoms with Crippen molar-refractivity contribution in [1.29, 1.82) is 0 Å². The van der Waals surface area contributed by atoms with E-state index in [1.54, 1.807) is 7.11 Å². The van der Waals surface area contributed by atoms with Crippen LogP contribution in [0.15, 0.2) is 66.7 Å². The Bertz CT molecular complexity index is 1080. The number of nitrogens with zero attached hydrogens (tertiary/aromatic N) is 2. The summed E-state index contributed by atoms with van der Waals surface area (Å²) < 4.78 is 5.63. The van der Waals surface area contributed by atoms with E-state index in [1.165, 1.54) is 46.2 Å². The number of hydrogen-bond acceptors (Lipinski definition) is 3. The van der Waals surface area contributed by atoms with Gasteiger partial charge in [0.15, 0.2) is 0 Å². The fourth-order valence-corrected chi connectivity index (χ4v) is 5.71. The van der Waals surface area contributed by atoms with Gasteiger partial charge in [0.1, 0.15) is 5.75 Å². The highest BCUT2D eigenvalue weighted by Gasteiger charge is 2.24. The minimum absolute atomic E-state index is 0. The van der Waals surface area contributed by atoms with E-state index in [4.69, 9.17) is 4.74 Å². The lowest BCUT2D eigenvalue weighted by Gasteiger charge is -2.30. The number of fused-ring (bicyclic) bond motifs is 2. The van der Waals surface area contributed by atoms with E-state index < -0.39 is 0 Å². The van der Waals surface area contributed by atoms with Gasteiger partial charge < -0.3 is 9.64 Å². The summed E-state index contributed by atoms with van der Waals surface area (Å²) in [6, 6.07) is 24.6. The van der Waals surface area contributed by atoms with Crippen LogP contribution >= 0.6 is 12.4 Å². The molecule has 0 bridgehead atoms. The number of methoxy groups -OCH3 is 1. The number of hydrogen-bond donors (Lipinski definition) is 0. The highest BCUT2D eigenvalue weighted by atomic mass is 35.5. The second-order valence-electron chi connectivity index (χ2n) is 9.86. The van der Waals surface area contributed by atoms with Crippen LogP contribution in [0.2, 0.25) is 0 Å². The summed E-state index contributed by atoms with van der Waals surface area (Å²) in [6.07, 6.45) is 4.80. The molecule has 1 atom stereocenters. The highest BCUT2D eigenvalue weighted by Crippen LogP contribution is 2.37. The first-order valence-electron chi connectivity index (χ1n) is 12.4. The SMILES string of the molecule is COc1cccc2c1CCC[C@H]2CN(C)CCc1ccc2c(c1)CN(Cc1ccccc1)C2.Cl. The third kappa shape index (κ3) is 5.66. The third-order valence-corrected chi connectivity index (χ3v) is 7.43. The Morgan fingerprint density at radius 2 is 1.76 bits per heavy atom. The molecule has 3 aromatic carbocycles. The van der Waals surface area contributed by atoms with Crippen molar-refractivity contribution >= 4 is 12.4 Å². The summed E-state index contributed by atoms with van der Waals surface area (Å²) in [5.74, 6) is 1.68. The van der Waals surface area contributed by atoms with Gasteiger partial charge in [-0.15, -0.1) is 12.4 Å². The van der Waals surface area contributed by atoms with Crippen LogP contribution in [0.1, 0.15) is 52.1 Å².